The van der Waals surface area contributed by atoms with E-state index in [2.05, 4.69) is 27.5 Å². The summed E-state index contributed by atoms with van der Waals surface area (Å²) in [5.41, 5.74) is 1.06. The van der Waals surface area contributed by atoms with Crippen molar-refractivity contribution in [3.8, 4) is 5.75 Å². The predicted octanol–water partition coefficient (Wildman–Crippen LogP) is 3.42. The number of aromatic nitrogens is 1. The van der Waals surface area contributed by atoms with Gasteiger partial charge in [-0.25, -0.2) is 14.4 Å². The molecule has 1 aromatic heterocycles. The summed E-state index contributed by atoms with van der Waals surface area (Å²) in [6.07, 6.45) is -0.204. The van der Waals surface area contributed by atoms with Crippen LogP contribution in [0.4, 0.5) is 4.39 Å². The summed E-state index contributed by atoms with van der Waals surface area (Å²) in [6, 6.07) is 6.41. The summed E-state index contributed by atoms with van der Waals surface area (Å²) in [5, 5.41) is 7.40. The number of halogens is 1. The largest absolute Gasteiger partial charge is 0.486 e. The van der Waals surface area contributed by atoms with Crippen LogP contribution in [0.15, 0.2) is 29.3 Å². The molecule has 25 heavy (non-hydrogen) atoms. The first-order valence-corrected chi connectivity index (χ1v) is 9.17. The van der Waals surface area contributed by atoms with Crippen molar-refractivity contribution in [2.45, 2.75) is 40.3 Å². The number of nitrogens with one attached hydrogen (secondary N) is 2. The number of hydrogen-bond donors (Lipinski definition) is 2. The molecule has 1 heterocycles. The zero-order valence-corrected chi connectivity index (χ0v) is 15.9. The minimum absolute atomic E-state index is 0.204. The Balaban J connectivity index is 1.89. The summed E-state index contributed by atoms with van der Waals surface area (Å²) in [7, 11) is 0. The van der Waals surface area contributed by atoms with Crippen LogP contribution in [0, 0.1) is 19.7 Å². The molecule has 2 N–H and O–H groups in total. The quantitative estimate of drug-likeness (QED) is 0.584. The Hall–Kier alpha value is -2.15. The molecule has 0 aliphatic carbocycles. The predicted molar refractivity (Wildman–Crippen MR) is 101 cm³/mol. The molecule has 2 rings (SSSR count). The number of benzene rings is 1. The molecule has 0 amide bonds. The molecular formula is C18H25FN4OS. The van der Waals surface area contributed by atoms with Crippen molar-refractivity contribution >= 4 is 17.3 Å². The van der Waals surface area contributed by atoms with E-state index < -0.39 is 0 Å². The van der Waals surface area contributed by atoms with Gasteiger partial charge in [-0.3, -0.25) is 0 Å². The van der Waals surface area contributed by atoms with Crippen molar-refractivity contribution in [3.63, 3.8) is 0 Å². The van der Waals surface area contributed by atoms with Gasteiger partial charge < -0.3 is 15.4 Å². The van der Waals surface area contributed by atoms with Gasteiger partial charge in [0, 0.05) is 11.4 Å². The Labute approximate surface area is 152 Å². The van der Waals surface area contributed by atoms with Gasteiger partial charge >= 0.3 is 0 Å². The standard InChI is InChI=1S/C18H25FN4OS/c1-5-20-18(22-11-17-23-13(3)14(4)25-17)21-10-12(2)24-16-9-7-6-8-15(16)19/h6-9,12H,5,10-11H2,1-4H3,(H2,20,21,22). The van der Waals surface area contributed by atoms with Crippen LogP contribution in [0.1, 0.15) is 29.4 Å². The number of hydrogen-bond acceptors (Lipinski definition) is 4. The third-order valence-electron chi connectivity index (χ3n) is 3.51. The third-order valence-corrected chi connectivity index (χ3v) is 4.57. The van der Waals surface area contributed by atoms with Gasteiger partial charge in [-0.15, -0.1) is 11.3 Å². The molecule has 7 heteroatoms. The van der Waals surface area contributed by atoms with E-state index in [1.165, 1.54) is 10.9 Å². The number of thiazole rings is 1. The summed E-state index contributed by atoms with van der Waals surface area (Å²) < 4.78 is 19.3. The van der Waals surface area contributed by atoms with E-state index >= 15 is 0 Å². The van der Waals surface area contributed by atoms with Gasteiger partial charge in [-0.2, -0.15) is 0 Å². The Morgan fingerprint density at radius 2 is 2.08 bits per heavy atom. The topological polar surface area (TPSA) is 58.5 Å². The molecule has 0 saturated carbocycles. The fourth-order valence-corrected chi connectivity index (χ4v) is 2.99. The van der Waals surface area contributed by atoms with Crippen molar-refractivity contribution in [3.05, 3.63) is 45.7 Å². The maximum Gasteiger partial charge on any atom is 0.191 e. The molecule has 1 aromatic carbocycles. The Morgan fingerprint density at radius 1 is 1.32 bits per heavy atom. The minimum atomic E-state index is -0.357. The second-order valence-electron chi connectivity index (χ2n) is 5.68. The van der Waals surface area contributed by atoms with Gasteiger partial charge in [0.15, 0.2) is 17.5 Å². The van der Waals surface area contributed by atoms with E-state index in [-0.39, 0.29) is 17.7 Å². The highest BCUT2D eigenvalue weighted by molar-refractivity contribution is 7.11. The highest BCUT2D eigenvalue weighted by Gasteiger charge is 2.09. The van der Waals surface area contributed by atoms with Gasteiger partial charge in [-0.05, 0) is 39.8 Å². The van der Waals surface area contributed by atoms with Gasteiger partial charge in [0.1, 0.15) is 11.1 Å². The number of guanidine groups is 1. The lowest BCUT2D eigenvalue weighted by Gasteiger charge is -2.17. The van der Waals surface area contributed by atoms with Crippen molar-refractivity contribution in [2.75, 3.05) is 13.1 Å². The van der Waals surface area contributed by atoms with Crippen molar-refractivity contribution in [1.82, 2.24) is 15.6 Å². The van der Waals surface area contributed by atoms with Crippen LogP contribution in [0.2, 0.25) is 0 Å². The average Bonchev–Trinajstić information content (AvgIpc) is 2.90. The smallest absolute Gasteiger partial charge is 0.191 e. The first kappa shape index (κ1) is 19.2. The second kappa shape index (κ2) is 9.36. The Kier molecular flexibility index (Phi) is 7.18. The molecule has 5 nitrogen and oxygen atoms in total. The molecule has 0 saturated heterocycles. The number of ether oxygens (including phenoxy) is 1. The first-order valence-electron chi connectivity index (χ1n) is 8.35. The van der Waals surface area contributed by atoms with E-state index in [4.69, 9.17) is 4.74 Å². The zero-order valence-electron chi connectivity index (χ0n) is 15.1. The number of para-hydroxylation sites is 1. The minimum Gasteiger partial charge on any atom is -0.486 e. The van der Waals surface area contributed by atoms with Crippen LogP contribution in [0.3, 0.4) is 0 Å². The second-order valence-corrected chi connectivity index (χ2v) is 6.97. The monoisotopic (exact) mass is 364 g/mol. The lowest BCUT2D eigenvalue weighted by atomic mass is 10.3. The summed E-state index contributed by atoms with van der Waals surface area (Å²) in [5.74, 6) is 0.592. The van der Waals surface area contributed by atoms with Gasteiger partial charge in [0.2, 0.25) is 0 Å². The lowest BCUT2D eigenvalue weighted by molar-refractivity contribution is 0.214. The molecule has 0 aliphatic heterocycles. The number of nitrogens with zero attached hydrogens (tertiary/aromatic N) is 2. The molecule has 0 radical (unpaired) electrons. The fraction of sp³-hybridized carbons (Fsp3) is 0.444. The van der Waals surface area contributed by atoms with Gasteiger partial charge in [-0.1, -0.05) is 12.1 Å². The zero-order chi connectivity index (χ0) is 18.2. The first-order chi connectivity index (χ1) is 12.0. The highest BCUT2D eigenvalue weighted by atomic mass is 32.1. The van der Waals surface area contributed by atoms with E-state index in [9.17, 15) is 4.39 Å². The van der Waals surface area contributed by atoms with Crippen LogP contribution in [0.5, 0.6) is 5.75 Å². The fourth-order valence-electron chi connectivity index (χ4n) is 2.13. The van der Waals surface area contributed by atoms with E-state index in [0.717, 1.165) is 17.2 Å². The molecule has 0 bridgehead atoms. The van der Waals surface area contributed by atoms with Gasteiger partial charge in [0.25, 0.3) is 0 Å². The van der Waals surface area contributed by atoms with E-state index in [1.54, 1.807) is 29.5 Å². The Morgan fingerprint density at radius 3 is 2.72 bits per heavy atom. The van der Waals surface area contributed by atoms with Crippen LogP contribution < -0.4 is 15.4 Å². The Bertz CT molecular complexity index is 697. The molecule has 1 atom stereocenters. The number of aryl methyl sites for hydroxylation is 2. The van der Waals surface area contributed by atoms with Crippen molar-refractivity contribution in [1.29, 1.82) is 0 Å². The van der Waals surface area contributed by atoms with Gasteiger partial charge in [0.05, 0.1) is 18.8 Å². The third kappa shape index (κ3) is 6.01. The molecule has 2 aromatic rings. The van der Waals surface area contributed by atoms with Crippen molar-refractivity contribution < 1.29 is 9.13 Å². The number of rotatable bonds is 7. The molecule has 0 aliphatic rings. The van der Waals surface area contributed by atoms with Crippen LogP contribution in [0.25, 0.3) is 0 Å². The SMILES string of the molecule is CCNC(=NCc1nc(C)c(C)s1)NCC(C)Oc1ccccc1F. The maximum atomic E-state index is 13.6. The van der Waals surface area contributed by atoms with Crippen LogP contribution >= 0.6 is 11.3 Å². The van der Waals surface area contributed by atoms with Crippen LogP contribution in [-0.4, -0.2) is 30.1 Å². The average molecular weight is 364 g/mol. The molecule has 0 spiro atoms. The lowest BCUT2D eigenvalue weighted by Crippen LogP contribution is -2.41. The molecular weight excluding hydrogens is 339 g/mol. The summed E-state index contributed by atoms with van der Waals surface area (Å²) in [6.45, 7) is 9.75. The normalized spacial score (nSPS) is 12.8. The highest BCUT2D eigenvalue weighted by Crippen LogP contribution is 2.17. The molecule has 1 unspecified atom stereocenters. The summed E-state index contributed by atoms with van der Waals surface area (Å²) >= 11 is 1.66. The van der Waals surface area contributed by atoms with Crippen molar-refractivity contribution in [2.24, 2.45) is 4.99 Å². The van der Waals surface area contributed by atoms with Crippen LogP contribution in [-0.2, 0) is 6.54 Å². The number of aliphatic imine (C=N–C) groups is 1. The molecule has 136 valence electrons. The van der Waals surface area contributed by atoms with E-state index in [1.807, 2.05) is 20.8 Å². The maximum absolute atomic E-state index is 13.6. The summed E-state index contributed by atoms with van der Waals surface area (Å²) in [4.78, 5) is 10.3. The molecule has 0 fully saturated rings. The van der Waals surface area contributed by atoms with E-state index in [0.29, 0.717) is 19.0 Å².